The van der Waals surface area contributed by atoms with Gasteiger partial charge in [0.2, 0.25) is 11.8 Å². The van der Waals surface area contributed by atoms with Crippen LogP contribution in [-0.2, 0) is 6.54 Å². The van der Waals surface area contributed by atoms with Crippen LogP contribution in [0.5, 0.6) is 0 Å². The molecule has 0 bridgehead atoms. The number of halogens is 1. The number of carbonyl (C=O) groups excluding carboxylic acids is 1. The number of benzene rings is 4. The highest BCUT2D eigenvalue weighted by Gasteiger charge is 2.22. The normalized spacial score (nSPS) is 11.8. The Labute approximate surface area is 257 Å². The number of aromatic nitrogens is 4. The number of amides is 1. The standard InChI is InChI=1S/C36H26FN5O3/c37-29-15-12-24(13-16-29)28-14-17-30(31(21-28)33-7-4-20-44-33)32(22-42-19-18-38-23-42)39-34(43)25-8-10-27(11-9-25)36-41-40-35(45-36)26-5-2-1-3-6-26/h1-21,23,32H,22H2,(H,39,43)/t32-/m0/s1. The maximum atomic E-state index is 13.7. The van der Waals surface area contributed by atoms with Crippen molar-refractivity contribution >= 4 is 5.91 Å². The fourth-order valence-corrected chi connectivity index (χ4v) is 5.20. The molecule has 7 aromatic rings. The Morgan fingerprint density at radius 3 is 2.20 bits per heavy atom. The molecular formula is C36H26FN5O3. The highest BCUT2D eigenvalue weighted by atomic mass is 19.1. The first-order valence-corrected chi connectivity index (χ1v) is 14.3. The molecule has 0 spiro atoms. The third kappa shape index (κ3) is 6.05. The lowest BCUT2D eigenvalue weighted by atomic mass is 9.93. The zero-order chi connectivity index (χ0) is 30.6. The van der Waals surface area contributed by atoms with E-state index in [2.05, 4.69) is 20.5 Å². The molecule has 0 saturated carbocycles. The first kappa shape index (κ1) is 27.7. The number of rotatable bonds is 9. The van der Waals surface area contributed by atoms with Crippen LogP contribution in [0.4, 0.5) is 4.39 Å². The molecule has 220 valence electrons. The zero-order valence-corrected chi connectivity index (χ0v) is 23.9. The van der Waals surface area contributed by atoms with Gasteiger partial charge in [0.15, 0.2) is 0 Å². The summed E-state index contributed by atoms with van der Waals surface area (Å²) in [5.74, 6) is 0.885. The summed E-state index contributed by atoms with van der Waals surface area (Å²) in [5.41, 5.74) is 5.43. The summed E-state index contributed by atoms with van der Waals surface area (Å²) in [5, 5.41) is 11.6. The van der Waals surface area contributed by atoms with Crippen molar-refractivity contribution in [3.8, 4) is 45.4 Å². The number of hydrogen-bond donors (Lipinski definition) is 1. The minimum absolute atomic E-state index is 0.254. The van der Waals surface area contributed by atoms with E-state index >= 15 is 0 Å². The molecule has 7 rings (SSSR count). The van der Waals surface area contributed by atoms with E-state index in [9.17, 15) is 9.18 Å². The lowest BCUT2D eigenvalue weighted by Crippen LogP contribution is -2.31. The van der Waals surface area contributed by atoms with Gasteiger partial charge in [-0.15, -0.1) is 10.2 Å². The zero-order valence-electron chi connectivity index (χ0n) is 23.9. The lowest BCUT2D eigenvalue weighted by molar-refractivity contribution is 0.0932. The van der Waals surface area contributed by atoms with E-state index in [1.54, 1.807) is 55.2 Å². The highest BCUT2D eigenvalue weighted by Crippen LogP contribution is 2.34. The average Bonchev–Trinajstić information content (AvgIpc) is 3.89. The number of nitrogens with zero attached hydrogens (tertiary/aromatic N) is 4. The number of imidazole rings is 1. The maximum absolute atomic E-state index is 13.7. The molecular weight excluding hydrogens is 569 g/mol. The Morgan fingerprint density at radius 1 is 0.800 bits per heavy atom. The summed E-state index contributed by atoms with van der Waals surface area (Å²) in [6.07, 6.45) is 6.87. The predicted octanol–water partition coefficient (Wildman–Crippen LogP) is 7.84. The molecule has 1 amide bonds. The van der Waals surface area contributed by atoms with Crippen LogP contribution in [0.1, 0.15) is 22.0 Å². The summed E-state index contributed by atoms with van der Waals surface area (Å²) in [6, 6.07) is 32.1. The number of nitrogens with one attached hydrogen (secondary N) is 1. The molecule has 0 radical (unpaired) electrons. The molecule has 0 aliphatic rings. The van der Waals surface area contributed by atoms with Gasteiger partial charge < -0.3 is 18.7 Å². The summed E-state index contributed by atoms with van der Waals surface area (Å²) >= 11 is 0. The SMILES string of the molecule is O=C(N[C@@H](Cn1ccnc1)c1ccc(-c2ccc(F)cc2)cc1-c1ccco1)c1ccc(-c2nnc(-c3ccccc3)o2)cc1. The van der Waals surface area contributed by atoms with E-state index in [1.165, 1.54) is 12.1 Å². The van der Waals surface area contributed by atoms with E-state index < -0.39 is 6.04 Å². The van der Waals surface area contributed by atoms with Crippen molar-refractivity contribution < 1.29 is 18.0 Å². The second kappa shape index (κ2) is 12.3. The molecule has 0 unspecified atom stereocenters. The molecule has 3 aromatic heterocycles. The van der Waals surface area contributed by atoms with Gasteiger partial charge in [-0.25, -0.2) is 9.37 Å². The molecule has 0 fully saturated rings. The summed E-state index contributed by atoms with van der Waals surface area (Å²) in [4.78, 5) is 17.8. The van der Waals surface area contributed by atoms with Crippen LogP contribution in [0, 0.1) is 5.82 Å². The topological polar surface area (TPSA) is 99.0 Å². The van der Waals surface area contributed by atoms with Crippen LogP contribution in [0.25, 0.3) is 45.4 Å². The van der Waals surface area contributed by atoms with Gasteiger partial charge in [0.1, 0.15) is 11.6 Å². The quantitative estimate of drug-likeness (QED) is 0.183. The van der Waals surface area contributed by atoms with Crippen LogP contribution in [0.15, 0.2) is 143 Å². The van der Waals surface area contributed by atoms with Crippen LogP contribution in [0.3, 0.4) is 0 Å². The van der Waals surface area contributed by atoms with E-state index in [0.717, 1.165) is 27.8 Å². The Kier molecular flexibility index (Phi) is 7.55. The lowest BCUT2D eigenvalue weighted by Gasteiger charge is -2.23. The molecule has 1 atom stereocenters. The van der Waals surface area contributed by atoms with E-state index in [-0.39, 0.29) is 11.7 Å². The van der Waals surface area contributed by atoms with Crippen LogP contribution < -0.4 is 5.32 Å². The first-order valence-electron chi connectivity index (χ1n) is 14.3. The third-order valence-electron chi connectivity index (χ3n) is 7.49. The first-order chi connectivity index (χ1) is 22.1. The van der Waals surface area contributed by atoms with Gasteiger partial charge in [-0.1, -0.05) is 42.5 Å². The van der Waals surface area contributed by atoms with Crippen molar-refractivity contribution in [2.75, 3.05) is 0 Å². The van der Waals surface area contributed by atoms with Crippen molar-refractivity contribution in [1.82, 2.24) is 25.1 Å². The monoisotopic (exact) mass is 595 g/mol. The molecule has 3 heterocycles. The summed E-state index contributed by atoms with van der Waals surface area (Å²) in [7, 11) is 0. The summed E-state index contributed by atoms with van der Waals surface area (Å²) in [6.45, 7) is 0.428. The van der Waals surface area contributed by atoms with E-state index in [1.807, 2.05) is 71.4 Å². The Morgan fingerprint density at radius 2 is 1.51 bits per heavy atom. The molecule has 4 aromatic carbocycles. The van der Waals surface area contributed by atoms with Gasteiger partial charge in [0.05, 0.1) is 18.6 Å². The number of furan rings is 1. The molecule has 45 heavy (non-hydrogen) atoms. The van der Waals surface area contributed by atoms with E-state index in [4.69, 9.17) is 8.83 Å². The number of carbonyl (C=O) groups is 1. The molecule has 0 saturated heterocycles. The van der Waals surface area contributed by atoms with Gasteiger partial charge >= 0.3 is 0 Å². The van der Waals surface area contributed by atoms with Crippen molar-refractivity contribution in [2.45, 2.75) is 12.6 Å². The van der Waals surface area contributed by atoms with Gasteiger partial charge in [0, 0.05) is 41.2 Å². The molecule has 1 N–H and O–H groups in total. The summed E-state index contributed by atoms with van der Waals surface area (Å²) < 4.78 is 27.2. The van der Waals surface area contributed by atoms with Crippen molar-refractivity contribution in [1.29, 1.82) is 0 Å². The second-order valence-corrected chi connectivity index (χ2v) is 10.4. The Bertz CT molecular complexity index is 2020. The van der Waals surface area contributed by atoms with Gasteiger partial charge in [-0.3, -0.25) is 4.79 Å². The Hall–Kier alpha value is -6.09. The minimum atomic E-state index is -0.446. The predicted molar refractivity (Wildman–Crippen MR) is 167 cm³/mol. The van der Waals surface area contributed by atoms with Gasteiger partial charge in [-0.05, 0) is 83.4 Å². The third-order valence-corrected chi connectivity index (χ3v) is 7.49. The van der Waals surface area contributed by atoms with Crippen LogP contribution in [-0.4, -0.2) is 25.7 Å². The maximum Gasteiger partial charge on any atom is 0.251 e. The fourth-order valence-electron chi connectivity index (χ4n) is 5.20. The van der Waals surface area contributed by atoms with Gasteiger partial charge in [-0.2, -0.15) is 0 Å². The molecule has 0 aliphatic carbocycles. The van der Waals surface area contributed by atoms with Gasteiger partial charge in [0.25, 0.3) is 5.91 Å². The van der Waals surface area contributed by atoms with Crippen LogP contribution >= 0.6 is 0 Å². The Balaban J connectivity index is 1.18. The molecule has 0 aliphatic heterocycles. The second-order valence-electron chi connectivity index (χ2n) is 10.4. The smallest absolute Gasteiger partial charge is 0.251 e. The molecule has 8 nitrogen and oxygen atoms in total. The molecule has 9 heteroatoms. The largest absolute Gasteiger partial charge is 0.464 e. The van der Waals surface area contributed by atoms with Crippen molar-refractivity contribution in [3.63, 3.8) is 0 Å². The van der Waals surface area contributed by atoms with Crippen LogP contribution in [0.2, 0.25) is 0 Å². The fraction of sp³-hybridized carbons (Fsp3) is 0.0556. The number of hydrogen-bond acceptors (Lipinski definition) is 6. The van der Waals surface area contributed by atoms with Crippen molar-refractivity contribution in [3.05, 3.63) is 151 Å². The average molecular weight is 596 g/mol. The van der Waals surface area contributed by atoms with Crippen molar-refractivity contribution in [2.24, 2.45) is 0 Å². The highest BCUT2D eigenvalue weighted by molar-refractivity contribution is 5.95. The van der Waals surface area contributed by atoms with E-state index in [0.29, 0.717) is 35.2 Å². The minimum Gasteiger partial charge on any atom is -0.464 e.